The SMILES string of the molecule is Cc1ccc(O)c(C(=O)N[C@@H]2CC[S@@](=O)C2)c1. The number of rotatable bonds is 2. The molecule has 0 spiro atoms. The van der Waals surface area contributed by atoms with Crippen molar-refractivity contribution in [3.63, 3.8) is 0 Å². The Kier molecular flexibility index (Phi) is 3.47. The van der Waals surface area contributed by atoms with Crippen molar-refractivity contribution in [3.8, 4) is 5.75 Å². The first kappa shape index (κ1) is 12.1. The molecule has 2 N–H and O–H groups in total. The number of carbonyl (C=O) groups is 1. The maximum absolute atomic E-state index is 11.9. The molecule has 1 aliphatic rings. The van der Waals surface area contributed by atoms with Crippen LogP contribution < -0.4 is 5.32 Å². The molecular formula is C12H15NO3S. The van der Waals surface area contributed by atoms with Crippen LogP contribution in [0.4, 0.5) is 0 Å². The molecule has 2 atom stereocenters. The molecule has 0 bridgehead atoms. The normalized spacial score (nSPS) is 23.6. The Morgan fingerprint density at radius 1 is 1.53 bits per heavy atom. The van der Waals surface area contributed by atoms with Crippen LogP contribution in [0.5, 0.6) is 5.75 Å². The molecule has 1 amide bonds. The van der Waals surface area contributed by atoms with Crippen molar-refractivity contribution in [1.82, 2.24) is 5.32 Å². The van der Waals surface area contributed by atoms with Gasteiger partial charge in [-0.05, 0) is 25.5 Å². The second kappa shape index (κ2) is 4.87. The second-order valence-corrected chi connectivity index (χ2v) is 5.91. The average molecular weight is 253 g/mol. The number of phenolic OH excluding ortho intramolecular Hbond substituents is 1. The summed E-state index contributed by atoms with van der Waals surface area (Å²) in [6.07, 6.45) is 0.741. The highest BCUT2D eigenvalue weighted by molar-refractivity contribution is 7.85. The summed E-state index contributed by atoms with van der Waals surface area (Å²) in [7, 11) is -0.813. The van der Waals surface area contributed by atoms with Gasteiger partial charge in [-0.3, -0.25) is 9.00 Å². The maximum atomic E-state index is 11.9. The largest absolute Gasteiger partial charge is 0.507 e. The van der Waals surface area contributed by atoms with Crippen molar-refractivity contribution >= 4 is 16.7 Å². The summed E-state index contributed by atoms with van der Waals surface area (Å²) in [5.74, 6) is 0.839. The van der Waals surface area contributed by atoms with Crippen molar-refractivity contribution in [2.45, 2.75) is 19.4 Å². The number of nitrogens with one attached hydrogen (secondary N) is 1. The molecule has 1 aliphatic heterocycles. The molecular weight excluding hydrogens is 238 g/mol. The Balaban J connectivity index is 2.09. The van der Waals surface area contributed by atoms with Gasteiger partial charge < -0.3 is 10.4 Å². The van der Waals surface area contributed by atoms with Gasteiger partial charge in [-0.1, -0.05) is 11.6 Å². The Morgan fingerprint density at radius 2 is 2.29 bits per heavy atom. The third-order valence-electron chi connectivity index (χ3n) is 2.81. The van der Waals surface area contributed by atoms with Crippen LogP contribution in [0.25, 0.3) is 0 Å². The average Bonchev–Trinajstić information content (AvgIpc) is 2.67. The number of benzene rings is 1. The van der Waals surface area contributed by atoms with E-state index in [-0.39, 0.29) is 23.3 Å². The number of hydrogen-bond donors (Lipinski definition) is 2. The van der Waals surface area contributed by atoms with Crippen LogP contribution in [0.2, 0.25) is 0 Å². The fourth-order valence-corrected chi connectivity index (χ4v) is 3.29. The summed E-state index contributed by atoms with van der Waals surface area (Å²) in [4.78, 5) is 11.9. The van der Waals surface area contributed by atoms with Gasteiger partial charge in [0.2, 0.25) is 0 Å². The minimum Gasteiger partial charge on any atom is -0.507 e. The van der Waals surface area contributed by atoms with E-state index < -0.39 is 10.8 Å². The molecule has 1 aromatic carbocycles. The summed E-state index contributed by atoms with van der Waals surface area (Å²) in [5.41, 5.74) is 1.20. The Bertz CT molecular complexity index is 473. The Labute approximate surface area is 102 Å². The number of aryl methyl sites for hydroxylation is 1. The highest BCUT2D eigenvalue weighted by Gasteiger charge is 2.23. The Hall–Kier alpha value is -1.36. The van der Waals surface area contributed by atoms with Crippen LogP contribution >= 0.6 is 0 Å². The number of carbonyl (C=O) groups excluding carboxylic acids is 1. The van der Waals surface area contributed by atoms with Crippen molar-refractivity contribution in [2.75, 3.05) is 11.5 Å². The first-order chi connectivity index (χ1) is 8.06. The van der Waals surface area contributed by atoms with E-state index in [1.165, 1.54) is 6.07 Å². The van der Waals surface area contributed by atoms with Crippen molar-refractivity contribution in [3.05, 3.63) is 29.3 Å². The lowest BCUT2D eigenvalue weighted by atomic mass is 10.1. The van der Waals surface area contributed by atoms with E-state index in [1.807, 2.05) is 6.92 Å². The number of aromatic hydroxyl groups is 1. The van der Waals surface area contributed by atoms with E-state index >= 15 is 0 Å². The van der Waals surface area contributed by atoms with E-state index in [2.05, 4.69) is 5.32 Å². The molecule has 1 fully saturated rings. The fourth-order valence-electron chi connectivity index (χ4n) is 1.87. The lowest BCUT2D eigenvalue weighted by molar-refractivity contribution is 0.0938. The molecule has 0 saturated carbocycles. The van der Waals surface area contributed by atoms with Crippen molar-refractivity contribution in [1.29, 1.82) is 0 Å². The molecule has 0 radical (unpaired) electrons. The van der Waals surface area contributed by atoms with Crippen molar-refractivity contribution < 1.29 is 14.1 Å². The predicted octanol–water partition coefficient (Wildman–Crippen LogP) is 0.951. The minimum absolute atomic E-state index is 0.0211. The lowest BCUT2D eigenvalue weighted by Gasteiger charge is -2.12. The summed E-state index contributed by atoms with van der Waals surface area (Å²) in [6, 6.07) is 4.87. The molecule has 2 rings (SSSR count). The van der Waals surface area contributed by atoms with Gasteiger partial charge in [0, 0.05) is 28.3 Å². The van der Waals surface area contributed by atoms with Gasteiger partial charge in [-0.25, -0.2) is 0 Å². The van der Waals surface area contributed by atoms with Gasteiger partial charge in [0.05, 0.1) is 5.56 Å². The summed E-state index contributed by atoms with van der Waals surface area (Å²) in [5, 5.41) is 12.4. The van der Waals surface area contributed by atoms with Crippen molar-refractivity contribution in [2.24, 2.45) is 0 Å². The minimum atomic E-state index is -0.813. The van der Waals surface area contributed by atoms with E-state index in [0.29, 0.717) is 11.5 Å². The standard InChI is InChI=1S/C12H15NO3S/c1-8-2-3-11(14)10(6-8)12(15)13-9-4-5-17(16)7-9/h2-3,6,9,14H,4-5,7H2,1H3,(H,13,15)/t9-,17-/m1/s1. The highest BCUT2D eigenvalue weighted by atomic mass is 32.2. The van der Waals surface area contributed by atoms with Crippen LogP contribution in [0.3, 0.4) is 0 Å². The molecule has 4 nitrogen and oxygen atoms in total. The van der Waals surface area contributed by atoms with Crippen LogP contribution in [0.1, 0.15) is 22.3 Å². The third-order valence-corrected chi connectivity index (χ3v) is 4.28. The first-order valence-corrected chi connectivity index (χ1v) is 7.00. The van der Waals surface area contributed by atoms with Crippen LogP contribution in [0.15, 0.2) is 18.2 Å². The number of hydrogen-bond acceptors (Lipinski definition) is 3. The molecule has 1 heterocycles. The summed E-state index contributed by atoms with van der Waals surface area (Å²) >= 11 is 0. The van der Waals surface area contributed by atoms with Gasteiger partial charge >= 0.3 is 0 Å². The quantitative estimate of drug-likeness (QED) is 0.824. The molecule has 1 aromatic rings. The summed E-state index contributed by atoms with van der Waals surface area (Å²) in [6.45, 7) is 1.86. The highest BCUT2D eigenvalue weighted by Crippen LogP contribution is 2.18. The van der Waals surface area contributed by atoms with E-state index in [0.717, 1.165) is 12.0 Å². The maximum Gasteiger partial charge on any atom is 0.255 e. The lowest BCUT2D eigenvalue weighted by Crippen LogP contribution is -2.35. The zero-order valence-corrected chi connectivity index (χ0v) is 10.4. The molecule has 0 aliphatic carbocycles. The van der Waals surface area contributed by atoms with Gasteiger partial charge in [-0.2, -0.15) is 0 Å². The van der Waals surface area contributed by atoms with Crippen LogP contribution in [-0.4, -0.2) is 32.8 Å². The van der Waals surface area contributed by atoms with E-state index in [1.54, 1.807) is 12.1 Å². The smallest absolute Gasteiger partial charge is 0.255 e. The predicted molar refractivity (Wildman–Crippen MR) is 66.6 cm³/mol. The fraction of sp³-hybridized carbons (Fsp3) is 0.417. The zero-order valence-electron chi connectivity index (χ0n) is 9.60. The Morgan fingerprint density at radius 3 is 2.94 bits per heavy atom. The van der Waals surface area contributed by atoms with Crippen LogP contribution in [-0.2, 0) is 10.8 Å². The topological polar surface area (TPSA) is 66.4 Å². The number of amides is 1. The van der Waals surface area contributed by atoms with Crippen LogP contribution in [0, 0.1) is 6.92 Å². The monoisotopic (exact) mass is 253 g/mol. The molecule has 17 heavy (non-hydrogen) atoms. The molecule has 92 valence electrons. The molecule has 1 saturated heterocycles. The van der Waals surface area contributed by atoms with E-state index in [9.17, 15) is 14.1 Å². The van der Waals surface area contributed by atoms with Gasteiger partial charge in [0.15, 0.2) is 0 Å². The zero-order chi connectivity index (χ0) is 12.4. The third kappa shape index (κ3) is 2.85. The van der Waals surface area contributed by atoms with Gasteiger partial charge in [0.25, 0.3) is 5.91 Å². The first-order valence-electron chi connectivity index (χ1n) is 5.51. The molecule has 0 unspecified atom stereocenters. The second-order valence-electron chi connectivity index (χ2n) is 4.29. The van der Waals surface area contributed by atoms with Gasteiger partial charge in [0.1, 0.15) is 5.75 Å². The number of phenols is 1. The van der Waals surface area contributed by atoms with Gasteiger partial charge in [-0.15, -0.1) is 0 Å². The molecule has 0 aromatic heterocycles. The van der Waals surface area contributed by atoms with E-state index in [4.69, 9.17) is 0 Å². The molecule has 5 heteroatoms. The summed E-state index contributed by atoms with van der Waals surface area (Å²) < 4.78 is 11.2.